The molecule has 90 valence electrons. The summed E-state index contributed by atoms with van der Waals surface area (Å²) in [7, 11) is 0. The molecule has 2 heterocycles. The Bertz CT molecular complexity index is 461. The quantitative estimate of drug-likeness (QED) is 0.771. The third-order valence-electron chi connectivity index (χ3n) is 2.77. The molecule has 1 fully saturated rings. The number of hydrogen-bond donors (Lipinski definition) is 2. The van der Waals surface area contributed by atoms with Gasteiger partial charge in [0, 0.05) is 24.7 Å². The van der Waals surface area contributed by atoms with Gasteiger partial charge in [-0.2, -0.15) is 0 Å². The molecule has 1 aliphatic rings. The molecule has 2 N–H and O–H groups in total. The molecule has 1 aromatic rings. The van der Waals surface area contributed by atoms with Gasteiger partial charge in [-0.15, -0.1) is 0 Å². The van der Waals surface area contributed by atoms with Crippen LogP contribution in [0.3, 0.4) is 0 Å². The fraction of sp³-hybridized carbons (Fsp3) is 0.364. The van der Waals surface area contributed by atoms with Crippen LogP contribution in [0.25, 0.3) is 0 Å². The summed E-state index contributed by atoms with van der Waals surface area (Å²) < 4.78 is 0. The van der Waals surface area contributed by atoms with Crippen LogP contribution in [0, 0.1) is 5.92 Å². The van der Waals surface area contributed by atoms with E-state index in [2.05, 4.69) is 4.98 Å². The number of anilines is 1. The fourth-order valence-corrected chi connectivity index (χ4v) is 1.87. The zero-order chi connectivity index (χ0) is 12.4. The first-order valence-corrected chi connectivity index (χ1v) is 5.21. The number of carbonyl (C=O) groups excluding carboxylic acids is 1. The Morgan fingerprint density at radius 1 is 1.59 bits per heavy atom. The van der Waals surface area contributed by atoms with Gasteiger partial charge in [0.25, 0.3) is 0 Å². The lowest BCUT2D eigenvalue weighted by Crippen LogP contribution is -2.27. The lowest BCUT2D eigenvalue weighted by molar-refractivity contribution is -0.141. The van der Waals surface area contributed by atoms with E-state index in [0.717, 1.165) is 0 Å². The van der Waals surface area contributed by atoms with Gasteiger partial charge in [0.15, 0.2) is 0 Å². The normalized spacial score (nSPS) is 19.7. The first-order chi connectivity index (χ1) is 8.13. The second-order valence-electron chi connectivity index (χ2n) is 3.89. The monoisotopic (exact) mass is 236 g/mol. The molecular formula is C11H12N2O4. The highest BCUT2D eigenvalue weighted by Crippen LogP contribution is 2.26. The zero-order valence-corrected chi connectivity index (χ0v) is 9.04. The largest absolute Gasteiger partial charge is 0.481 e. The lowest BCUT2D eigenvalue weighted by atomic mass is 10.1. The Balaban J connectivity index is 2.29. The number of carboxylic acid groups (broad SMARTS) is 1. The van der Waals surface area contributed by atoms with Crippen LogP contribution in [0.1, 0.15) is 12.0 Å². The Hall–Kier alpha value is -1.95. The summed E-state index contributed by atoms with van der Waals surface area (Å²) in [6, 6.07) is 3.31. The van der Waals surface area contributed by atoms with Gasteiger partial charge in [-0.05, 0) is 6.07 Å². The van der Waals surface area contributed by atoms with E-state index in [1.165, 1.54) is 11.1 Å². The van der Waals surface area contributed by atoms with Gasteiger partial charge in [-0.1, -0.05) is 6.07 Å². The standard InChI is InChI=1S/C11H12N2O4/c14-6-7-2-1-3-12-10(7)13-5-8(11(16)17)4-9(13)15/h1-3,8,14H,4-6H2,(H,16,17). The van der Waals surface area contributed by atoms with Crippen molar-refractivity contribution in [3.05, 3.63) is 23.9 Å². The number of amides is 1. The fourth-order valence-electron chi connectivity index (χ4n) is 1.87. The number of hydrogen-bond acceptors (Lipinski definition) is 4. The number of carbonyl (C=O) groups is 2. The third-order valence-corrected chi connectivity index (χ3v) is 2.77. The highest BCUT2D eigenvalue weighted by molar-refractivity contribution is 5.98. The van der Waals surface area contributed by atoms with Crippen molar-refractivity contribution in [3.63, 3.8) is 0 Å². The first-order valence-electron chi connectivity index (χ1n) is 5.21. The van der Waals surface area contributed by atoms with Gasteiger partial charge in [-0.3, -0.25) is 14.5 Å². The summed E-state index contributed by atoms with van der Waals surface area (Å²) in [4.78, 5) is 27.9. The molecule has 1 unspecified atom stereocenters. The van der Waals surface area contributed by atoms with Crippen LogP contribution in [0.2, 0.25) is 0 Å². The molecule has 6 nitrogen and oxygen atoms in total. The summed E-state index contributed by atoms with van der Waals surface area (Å²) >= 11 is 0. The van der Waals surface area contributed by atoms with Crippen molar-refractivity contribution >= 4 is 17.7 Å². The molecule has 0 aliphatic carbocycles. The van der Waals surface area contributed by atoms with Crippen molar-refractivity contribution in [3.8, 4) is 0 Å². The number of rotatable bonds is 3. The van der Waals surface area contributed by atoms with Crippen LogP contribution in [-0.2, 0) is 16.2 Å². The Morgan fingerprint density at radius 3 is 2.94 bits per heavy atom. The smallest absolute Gasteiger partial charge is 0.308 e. The molecule has 1 aromatic heterocycles. The molecule has 6 heteroatoms. The molecule has 1 atom stereocenters. The molecule has 0 bridgehead atoms. The number of aliphatic carboxylic acids is 1. The maximum Gasteiger partial charge on any atom is 0.308 e. The summed E-state index contributed by atoms with van der Waals surface area (Å²) in [5.74, 6) is -1.60. The number of nitrogens with zero attached hydrogens (tertiary/aromatic N) is 2. The summed E-state index contributed by atoms with van der Waals surface area (Å²) in [5.41, 5.74) is 0.520. The molecule has 17 heavy (non-hydrogen) atoms. The van der Waals surface area contributed by atoms with Crippen molar-refractivity contribution in [1.29, 1.82) is 0 Å². The van der Waals surface area contributed by atoms with Crippen molar-refractivity contribution in [2.24, 2.45) is 5.92 Å². The van der Waals surface area contributed by atoms with Crippen molar-refractivity contribution < 1.29 is 19.8 Å². The predicted octanol–water partition coefficient (Wildman–Crippen LogP) is 0.0114. The van der Waals surface area contributed by atoms with Crippen LogP contribution in [0.15, 0.2) is 18.3 Å². The first kappa shape index (κ1) is 11.5. The third kappa shape index (κ3) is 2.12. The number of aliphatic hydroxyl groups is 1. The van der Waals surface area contributed by atoms with Gasteiger partial charge in [0.05, 0.1) is 12.5 Å². The minimum Gasteiger partial charge on any atom is -0.481 e. The van der Waals surface area contributed by atoms with Gasteiger partial charge in [0.1, 0.15) is 5.82 Å². The van der Waals surface area contributed by atoms with Crippen molar-refractivity contribution in [2.75, 3.05) is 11.4 Å². The number of aliphatic hydroxyl groups excluding tert-OH is 1. The van der Waals surface area contributed by atoms with E-state index < -0.39 is 11.9 Å². The maximum atomic E-state index is 11.7. The average molecular weight is 236 g/mol. The van der Waals surface area contributed by atoms with Crippen LogP contribution in [0.5, 0.6) is 0 Å². The zero-order valence-electron chi connectivity index (χ0n) is 9.04. The van der Waals surface area contributed by atoms with Crippen LogP contribution in [-0.4, -0.2) is 33.6 Å². The second kappa shape index (κ2) is 4.50. The summed E-state index contributed by atoms with van der Waals surface area (Å²) in [6.07, 6.45) is 1.49. The predicted molar refractivity (Wildman–Crippen MR) is 58.3 cm³/mol. The second-order valence-corrected chi connectivity index (χ2v) is 3.89. The molecule has 1 saturated heterocycles. The molecule has 1 aliphatic heterocycles. The van der Waals surface area contributed by atoms with E-state index in [1.807, 2.05) is 0 Å². The SMILES string of the molecule is O=C(O)C1CC(=O)N(c2ncccc2CO)C1. The lowest BCUT2D eigenvalue weighted by Gasteiger charge is -2.17. The van der Waals surface area contributed by atoms with E-state index in [1.54, 1.807) is 12.1 Å². The Kier molecular flexibility index (Phi) is 3.06. The molecule has 0 spiro atoms. The van der Waals surface area contributed by atoms with Crippen LogP contribution < -0.4 is 4.90 Å². The molecule has 0 saturated carbocycles. The van der Waals surface area contributed by atoms with Gasteiger partial charge in [0.2, 0.25) is 5.91 Å². The van der Waals surface area contributed by atoms with E-state index in [-0.39, 0.29) is 25.5 Å². The summed E-state index contributed by atoms with van der Waals surface area (Å²) in [6.45, 7) is -0.122. The minimum absolute atomic E-state index is 0.0171. The highest BCUT2D eigenvalue weighted by Gasteiger charge is 2.36. The number of aromatic nitrogens is 1. The maximum absolute atomic E-state index is 11.7. The highest BCUT2D eigenvalue weighted by atomic mass is 16.4. The Morgan fingerprint density at radius 2 is 2.35 bits per heavy atom. The van der Waals surface area contributed by atoms with Crippen molar-refractivity contribution in [1.82, 2.24) is 4.98 Å². The average Bonchev–Trinajstić information content (AvgIpc) is 2.71. The van der Waals surface area contributed by atoms with Gasteiger partial charge in [-0.25, -0.2) is 4.98 Å². The molecule has 0 aromatic carbocycles. The molecule has 2 rings (SSSR count). The number of pyridine rings is 1. The van der Waals surface area contributed by atoms with E-state index in [0.29, 0.717) is 11.4 Å². The van der Waals surface area contributed by atoms with E-state index in [9.17, 15) is 9.59 Å². The van der Waals surface area contributed by atoms with E-state index in [4.69, 9.17) is 10.2 Å². The molecule has 0 radical (unpaired) electrons. The topological polar surface area (TPSA) is 90.7 Å². The number of carboxylic acids is 1. The molecular weight excluding hydrogens is 224 g/mol. The van der Waals surface area contributed by atoms with E-state index >= 15 is 0 Å². The summed E-state index contributed by atoms with van der Waals surface area (Å²) in [5, 5.41) is 18.0. The minimum atomic E-state index is -0.984. The van der Waals surface area contributed by atoms with Crippen LogP contribution >= 0.6 is 0 Å². The molecule has 1 amide bonds. The van der Waals surface area contributed by atoms with Crippen LogP contribution in [0.4, 0.5) is 5.82 Å². The Labute approximate surface area is 97.5 Å². The van der Waals surface area contributed by atoms with Gasteiger partial charge < -0.3 is 10.2 Å². The van der Waals surface area contributed by atoms with Gasteiger partial charge >= 0.3 is 5.97 Å². The van der Waals surface area contributed by atoms with Crippen molar-refractivity contribution in [2.45, 2.75) is 13.0 Å².